The Morgan fingerprint density at radius 1 is 1.54 bits per heavy atom. The van der Waals surface area contributed by atoms with E-state index in [2.05, 4.69) is 5.32 Å². The highest BCUT2D eigenvalue weighted by atomic mass is 16.2. The number of rotatable bonds is 3. The quantitative estimate of drug-likeness (QED) is 0.634. The predicted octanol–water partition coefficient (Wildman–Crippen LogP) is 0.132. The van der Waals surface area contributed by atoms with E-state index in [-0.39, 0.29) is 23.9 Å². The van der Waals surface area contributed by atoms with E-state index in [1.807, 2.05) is 20.8 Å². The first-order chi connectivity index (χ1) is 6.06. The van der Waals surface area contributed by atoms with Crippen molar-refractivity contribution >= 4 is 11.8 Å². The van der Waals surface area contributed by atoms with E-state index >= 15 is 0 Å². The lowest BCUT2D eigenvalue weighted by Crippen LogP contribution is -2.41. The topological polar surface area (TPSA) is 49.4 Å². The molecule has 1 atom stereocenters. The molecule has 0 spiro atoms. The fourth-order valence-electron chi connectivity index (χ4n) is 1.55. The van der Waals surface area contributed by atoms with Gasteiger partial charge in [-0.25, -0.2) is 0 Å². The van der Waals surface area contributed by atoms with Crippen LogP contribution in [0.2, 0.25) is 0 Å². The molecule has 1 fully saturated rings. The highest BCUT2D eigenvalue weighted by Gasteiger charge is 2.37. The molecule has 1 unspecified atom stereocenters. The molecule has 0 saturated carbocycles. The number of carbonyl (C=O) groups excluding carboxylic acids is 2. The normalized spacial score (nSPS) is 23.4. The van der Waals surface area contributed by atoms with Crippen LogP contribution in [0.3, 0.4) is 0 Å². The van der Waals surface area contributed by atoms with Crippen LogP contribution >= 0.6 is 0 Å². The summed E-state index contributed by atoms with van der Waals surface area (Å²) in [5.74, 6) is -0.146. The average molecular weight is 184 g/mol. The molecular formula is C9H16N2O2. The number of imide groups is 1. The Bertz CT molecular complexity index is 226. The highest BCUT2D eigenvalue weighted by Crippen LogP contribution is 2.12. The Kier molecular flexibility index (Phi) is 3.03. The lowest BCUT2D eigenvalue weighted by molar-refractivity contribution is -0.138. The van der Waals surface area contributed by atoms with Crippen LogP contribution in [0.4, 0.5) is 0 Å². The Morgan fingerprint density at radius 3 is 2.54 bits per heavy atom. The van der Waals surface area contributed by atoms with Gasteiger partial charge >= 0.3 is 0 Å². The van der Waals surface area contributed by atoms with Crippen molar-refractivity contribution in [2.24, 2.45) is 0 Å². The first-order valence-corrected chi connectivity index (χ1v) is 4.66. The molecule has 0 radical (unpaired) electrons. The summed E-state index contributed by atoms with van der Waals surface area (Å²) >= 11 is 0. The second-order valence-corrected chi connectivity index (χ2v) is 3.55. The van der Waals surface area contributed by atoms with E-state index in [0.717, 1.165) is 0 Å². The summed E-state index contributed by atoms with van der Waals surface area (Å²) in [6.45, 7) is 6.22. The third-order valence-corrected chi connectivity index (χ3v) is 2.09. The second-order valence-electron chi connectivity index (χ2n) is 3.55. The summed E-state index contributed by atoms with van der Waals surface area (Å²) in [6.07, 6.45) is 0.310. The van der Waals surface area contributed by atoms with Gasteiger partial charge in [0.25, 0.3) is 0 Å². The number of likely N-dealkylation sites (N-methyl/N-ethyl adjacent to an activating group) is 1. The van der Waals surface area contributed by atoms with Crippen molar-refractivity contribution in [3.05, 3.63) is 0 Å². The molecule has 13 heavy (non-hydrogen) atoms. The highest BCUT2D eigenvalue weighted by molar-refractivity contribution is 6.05. The zero-order chi connectivity index (χ0) is 10.0. The molecule has 2 amide bonds. The van der Waals surface area contributed by atoms with Gasteiger partial charge < -0.3 is 5.32 Å². The van der Waals surface area contributed by atoms with Crippen molar-refractivity contribution in [2.75, 3.05) is 6.54 Å². The maximum atomic E-state index is 11.5. The molecule has 1 heterocycles. The molecule has 1 aliphatic heterocycles. The SMILES string of the molecule is CCN1C(=O)CC(NC(C)C)C1=O. The third kappa shape index (κ3) is 2.06. The number of hydrogen-bond donors (Lipinski definition) is 1. The van der Waals surface area contributed by atoms with Crippen molar-refractivity contribution in [1.29, 1.82) is 0 Å². The number of amides is 2. The molecule has 0 aliphatic carbocycles. The summed E-state index contributed by atoms with van der Waals surface area (Å²) in [5.41, 5.74) is 0. The lowest BCUT2D eigenvalue weighted by Gasteiger charge is -2.14. The predicted molar refractivity (Wildman–Crippen MR) is 49.1 cm³/mol. The van der Waals surface area contributed by atoms with Gasteiger partial charge in [0.2, 0.25) is 11.8 Å². The molecular weight excluding hydrogens is 168 g/mol. The molecule has 1 N–H and O–H groups in total. The maximum absolute atomic E-state index is 11.5. The van der Waals surface area contributed by atoms with Gasteiger partial charge in [0.05, 0.1) is 12.5 Å². The number of nitrogens with zero attached hydrogens (tertiary/aromatic N) is 1. The molecule has 0 aromatic carbocycles. The van der Waals surface area contributed by atoms with Crippen LogP contribution in [-0.4, -0.2) is 35.3 Å². The molecule has 4 nitrogen and oxygen atoms in total. The Hall–Kier alpha value is -0.900. The molecule has 4 heteroatoms. The van der Waals surface area contributed by atoms with E-state index in [1.54, 1.807) is 0 Å². The summed E-state index contributed by atoms with van der Waals surface area (Å²) in [6, 6.07) is -0.0639. The first-order valence-electron chi connectivity index (χ1n) is 4.66. The molecule has 0 aromatic heterocycles. The molecule has 1 rings (SSSR count). The fraction of sp³-hybridized carbons (Fsp3) is 0.778. The van der Waals surface area contributed by atoms with Gasteiger partial charge in [-0.3, -0.25) is 14.5 Å². The van der Waals surface area contributed by atoms with Crippen LogP contribution in [0.15, 0.2) is 0 Å². The summed E-state index contributed by atoms with van der Waals surface area (Å²) in [5, 5.41) is 3.07. The van der Waals surface area contributed by atoms with Crippen LogP contribution in [0, 0.1) is 0 Å². The van der Waals surface area contributed by atoms with E-state index < -0.39 is 0 Å². The summed E-state index contributed by atoms with van der Waals surface area (Å²) in [4.78, 5) is 24.1. The number of carbonyl (C=O) groups is 2. The van der Waals surface area contributed by atoms with Crippen molar-refractivity contribution in [3.8, 4) is 0 Å². The van der Waals surface area contributed by atoms with Crippen molar-refractivity contribution in [3.63, 3.8) is 0 Å². The number of nitrogens with one attached hydrogen (secondary N) is 1. The number of hydrogen-bond acceptors (Lipinski definition) is 3. The van der Waals surface area contributed by atoms with Gasteiger partial charge in [0.15, 0.2) is 0 Å². The van der Waals surface area contributed by atoms with Gasteiger partial charge in [-0.1, -0.05) is 13.8 Å². The van der Waals surface area contributed by atoms with E-state index in [9.17, 15) is 9.59 Å². The average Bonchev–Trinajstić information content (AvgIpc) is 2.26. The van der Waals surface area contributed by atoms with Crippen LogP contribution in [0.5, 0.6) is 0 Å². The smallest absolute Gasteiger partial charge is 0.246 e. The monoisotopic (exact) mass is 184 g/mol. The third-order valence-electron chi connectivity index (χ3n) is 2.09. The van der Waals surface area contributed by atoms with Gasteiger partial charge in [-0.2, -0.15) is 0 Å². The zero-order valence-electron chi connectivity index (χ0n) is 8.33. The van der Waals surface area contributed by atoms with Crippen molar-refractivity contribution < 1.29 is 9.59 Å². The molecule has 0 bridgehead atoms. The van der Waals surface area contributed by atoms with Crippen LogP contribution in [0.1, 0.15) is 27.2 Å². The van der Waals surface area contributed by atoms with Gasteiger partial charge in [-0.15, -0.1) is 0 Å². The molecule has 1 aliphatic rings. The Labute approximate surface area is 78.3 Å². The summed E-state index contributed by atoms with van der Waals surface area (Å²) < 4.78 is 0. The van der Waals surface area contributed by atoms with Crippen LogP contribution < -0.4 is 5.32 Å². The second kappa shape index (κ2) is 3.87. The van der Waals surface area contributed by atoms with Crippen LogP contribution in [0.25, 0.3) is 0 Å². The molecule has 74 valence electrons. The fourth-order valence-corrected chi connectivity index (χ4v) is 1.55. The molecule has 0 aromatic rings. The van der Waals surface area contributed by atoms with E-state index in [0.29, 0.717) is 13.0 Å². The van der Waals surface area contributed by atoms with Crippen molar-refractivity contribution in [1.82, 2.24) is 10.2 Å². The van der Waals surface area contributed by atoms with Gasteiger partial charge in [-0.05, 0) is 6.92 Å². The minimum absolute atomic E-state index is 0.0642. The minimum Gasteiger partial charge on any atom is -0.303 e. The Morgan fingerprint density at radius 2 is 2.15 bits per heavy atom. The number of likely N-dealkylation sites (tertiary alicyclic amines) is 1. The van der Waals surface area contributed by atoms with Gasteiger partial charge in [0.1, 0.15) is 0 Å². The van der Waals surface area contributed by atoms with E-state index in [4.69, 9.17) is 0 Å². The minimum atomic E-state index is -0.299. The van der Waals surface area contributed by atoms with Crippen LogP contribution in [-0.2, 0) is 9.59 Å². The maximum Gasteiger partial charge on any atom is 0.246 e. The standard InChI is InChI=1S/C9H16N2O2/c1-4-11-8(12)5-7(9(11)13)10-6(2)3/h6-7,10H,4-5H2,1-3H3. The van der Waals surface area contributed by atoms with Gasteiger partial charge in [0, 0.05) is 12.6 Å². The zero-order valence-corrected chi connectivity index (χ0v) is 8.33. The lowest BCUT2D eigenvalue weighted by atomic mass is 10.2. The van der Waals surface area contributed by atoms with Crippen molar-refractivity contribution in [2.45, 2.75) is 39.3 Å². The first kappa shape index (κ1) is 10.2. The van der Waals surface area contributed by atoms with E-state index in [1.165, 1.54) is 4.90 Å². The summed E-state index contributed by atoms with van der Waals surface area (Å²) in [7, 11) is 0. The largest absolute Gasteiger partial charge is 0.303 e. The Balaban J connectivity index is 2.62. The molecule has 1 saturated heterocycles.